The van der Waals surface area contributed by atoms with E-state index in [1.807, 2.05) is 0 Å². The van der Waals surface area contributed by atoms with Crippen LogP contribution >= 0.6 is 0 Å². The van der Waals surface area contributed by atoms with Crippen LogP contribution in [0.2, 0.25) is 0 Å². The molecule has 0 heteroatoms. The van der Waals surface area contributed by atoms with Crippen LogP contribution in [0.15, 0.2) is 121 Å². The molecule has 0 aromatic heterocycles. The first-order valence-electron chi connectivity index (χ1n) is 11.1. The third-order valence-corrected chi connectivity index (χ3v) is 6.81. The van der Waals surface area contributed by atoms with Crippen molar-refractivity contribution in [1.29, 1.82) is 0 Å². The van der Waals surface area contributed by atoms with Crippen LogP contribution < -0.4 is 0 Å². The smallest absolute Gasteiger partial charge is 0.00201 e. The van der Waals surface area contributed by atoms with Gasteiger partial charge in [-0.15, -0.1) is 0 Å². The van der Waals surface area contributed by atoms with E-state index < -0.39 is 0 Å². The Balaban J connectivity index is 1.61. The summed E-state index contributed by atoms with van der Waals surface area (Å²) in [4.78, 5) is 0. The Labute approximate surface area is 186 Å². The van der Waals surface area contributed by atoms with E-state index in [9.17, 15) is 0 Å². The van der Waals surface area contributed by atoms with Crippen LogP contribution in [0, 0.1) is 20.9 Å². The van der Waals surface area contributed by atoms with Crippen molar-refractivity contribution >= 4 is 21.5 Å². The monoisotopic (exact) mass is 404 g/mol. The maximum atomic E-state index is 2.40. The van der Waals surface area contributed by atoms with Crippen molar-refractivity contribution in [2.45, 2.75) is 0 Å². The fraction of sp³-hybridized carbons (Fsp3) is 0. The van der Waals surface area contributed by atoms with E-state index in [-0.39, 0.29) is 0 Å². The minimum Gasteiger partial charge on any atom is -0.0622 e. The Hall–Kier alpha value is -4.16. The molecule has 0 fully saturated rings. The molecule has 0 heterocycles. The van der Waals surface area contributed by atoms with Crippen LogP contribution in [0.3, 0.4) is 0 Å². The highest BCUT2D eigenvalue weighted by atomic mass is 14.2. The van der Waals surface area contributed by atoms with Crippen molar-refractivity contribution in [3.63, 3.8) is 0 Å². The van der Waals surface area contributed by atoms with Crippen molar-refractivity contribution in [1.82, 2.24) is 0 Å². The molecule has 0 radical (unpaired) electrons. The summed E-state index contributed by atoms with van der Waals surface area (Å²) >= 11 is 0. The summed E-state index contributed by atoms with van der Waals surface area (Å²) in [7, 11) is 0. The van der Waals surface area contributed by atoms with E-state index in [2.05, 4.69) is 121 Å². The second-order valence-electron chi connectivity index (χ2n) is 8.55. The lowest BCUT2D eigenvalue weighted by atomic mass is 9.88. The summed E-state index contributed by atoms with van der Waals surface area (Å²) in [5.41, 5.74) is 5.05. The van der Waals surface area contributed by atoms with E-state index >= 15 is 0 Å². The normalized spacial score (nSPS) is 11.8. The molecule has 6 aromatic rings. The highest BCUT2D eigenvalue weighted by Gasteiger charge is 2.13. The van der Waals surface area contributed by atoms with Crippen molar-refractivity contribution in [2.24, 2.45) is 0 Å². The van der Waals surface area contributed by atoms with Gasteiger partial charge in [-0.25, -0.2) is 0 Å². The molecule has 0 bridgehead atoms. The molecule has 148 valence electrons. The summed E-state index contributed by atoms with van der Waals surface area (Å²) in [6.45, 7) is 0. The van der Waals surface area contributed by atoms with Gasteiger partial charge in [-0.3, -0.25) is 0 Å². The summed E-state index contributed by atoms with van der Waals surface area (Å²) in [5.74, 6) is 0. The van der Waals surface area contributed by atoms with Gasteiger partial charge in [-0.1, -0.05) is 109 Å². The second-order valence-corrected chi connectivity index (χ2v) is 8.55. The number of rotatable bonds is 2. The fourth-order valence-electron chi connectivity index (χ4n) is 5.29. The van der Waals surface area contributed by atoms with Crippen molar-refractivity contribution < 1.29 is 0 Å². The van der Waals surface area contributed by atoms with E-state index in [1.54, 1.807) is 0 Å². The number of fused-ring (bicyclic) bond motifs is 6. The van der Waals surface area contributed by atoms with Gasteiger partial charge in [-0.05, 0) is 76.8 Å². The summed E-state index contributed by atoms with van der Waals surface area (Å²) in [5, 5.41) is 10.8. The Morgan fingerprint density at radius 2 is 0.938 bits per heavy atom. The Bertz CT molecular complexity index is 1850. The zero-order valence-electron chi connectivity index (χ0n) is 17.5. The predicted octanol–water partition coefficient (Wildman–Crippen LogP) is 8.21. The van der Waals surface area contributed by atoms with E-state index in [0.717, 1.165) is 0 Å². The van der Waals surface area contributed by atoms with Crippen LogP contribution in [0.4, 0.5) is 0 Å². The van der Waals surface area contributed by atoms with E-state index in [0.29, 0.717) is 0 Å². The molecule has 0 saturated heterocycles. The highest BCUT2D eigenvalue weighted by Crippen LogP contribution is 2.38. The summed E-state index contributed by atoms with van der Waals surface area (Å²) in [6, 6.07) is 44.2. The molecule has 0 aliphatic heterocycles. The number of benzene rings is 6. The molecule has 1 aliphatic rings. The SMILES string of the molecule is c1ccc(-c2cc3ccc4c5c(ccc4c3cc2-c2ccccc2)=c2ccccc2=5)cc1. The van der Waals surface area contributed by atoms with Crippen molar-refractivity contribution in [2.75, 3.05) is 0 Å². The predicted molar refractivity (Wildman–Crippen MR) is 134 cm³/mol. The van der Waals surface area contributed by atoms with Crippen molar-refractivity contribution in [3.8, 4) is 22.3 Å². The maximum Gasteiger partial charge on any atom is -0.00201 e. The molecule has 0 nitrogen and oxygen atoms in total. The van der Waals surface area contributed by atoms with Crippen LogP contribution in [0.5, 0.6) is 0 Å². The van der Waals surface area contributed by atoms with Gasteiger partial charge >= 0.3 is 0 Å². The first-order valence-corrected chi connectivity index (χ1v) is 11.1. The maximum absolute atomic E-state index is 2.40. The minimum absolute atomic E-state index is 1.25. The molecular weight excluding hydrogens is 384 g/mol. The van der Waals surface area contributed by atoms with Gasteiger partial charge in [0.1, 0.15) is 0 Å². The largest absolute Gasteiger partial charge is 0.0622 e. The minimum atomic E-state index is 1.25. The first kappa shape index (κ1) is 17.5. The highest BCUT2D eigenvalue weighted by molar-refractivity contribution is 6.11. The van der Waals surface area contributed by atoms with Gasteiger partial charge in [0.05, 0.1) is 0 Å². The standard InChI is InChI=1S/C32H20/c1-3-9-21(10-4-1)29-19-23-15-16-27-25(31(23)20-30(29)22-11-5-2-6-12-22)17-18-28-24-13-7-8-14-26(24)32(27)28/h1-20H. The molecule has 0 N–H and O–H groups in total. The summed E-state index contributed by atoms with van der Waals surface area (Å²) < 4.78 is 0. The van der Waals surface area contributed by atoms with Gasteiger partial charge in [0.15, 0.2) is 0 Å². The zero-order valence-corrected chi connectivity index (χ0v) is 17.5. The molecular formula is C32H20. The van der Waals surface area contributed by atoms with Gasteiger partial charge in [0.25, 0.3) is 0 Å². The average molecular weight is 405 g/mol. The molecule has 1 aliphatic carbocycles. The third kappa shape index (κ3) is 2.44. The van der Waals surface area contributed by atoms with Gasteiger partial charge in [-0.2, -0.15) is 0 Å². The van der Waals surface area contributed by atoms with Crippen LogP contribution in [-0.4, -0.2) is 0 Å². The lowest BCUT2D eigenvalue weighted by molar-refractivity contribution is 1.31. The Kier molecular flexibility index (Phi) is 3.65. The fourth-order valence-corrected chi connectivity index (χ4v) is 5.29. The first-order chi connectivity index (χ1) is 15.9. The molecule has 0 spiro atoms. The van der Waals surface area contributed by atoms with Crippen LogP contribution in [0.1, 0.15) is 0 Å². The molecule has 7 rings (SSSR count). The van der Waals surface area contributed by atoms with E-state index in [4.69, 9.17) is 0 Å². The number of hydrogen-bond donors (Lipinski definition) is 0. The molecule has 0 saturated carbocycles. The topological polar surface area (TPSA) is 0 Å². The quantitative estimate of drug-likeness (QED) is 0.255. The average Bonchev–Trinajstić information content (AvgIpc) is 2.86. The number of hydrogen-bond acceptors (Lipinski definition) is 0. The lowest BCUT2D eigenvalue weighted by Crippen LogP contribution is -1.93. The zero-order chi connectivity index (χ0) is 21.1. The molecule has 0 unspecified atom stereocenters. The Morgan fingerprint density at radius 1 is 0.344 bits per heavy atom. The molecule has 6 aromatic carbocycles. The molecule has 0 atom stereocenters. The van der Waals surface area contributed by atoms with Crippen LogP contribution in [0.25, 0.3) is 43.8 Å². The molecule has 0 amide bonds. The Morgan fingerprint density at radius 3 is 1.66 bits per heavy atom. The van der Waals surface area contributed by atoms with E-state index in [1.165, 1.54) is 64.7 Å². The summed E-state index contributed by atoms with van der Waals surface area (Å²) in [6.07, 6.45) is 0. The third-order valence-electron chi connectivity index (χ3n) is 6.81. The van der Waals surface area contributed by atoms with Gasteiger partial charge < -0.3 is 0 Å². The van der Waals surface area contributed by atoms with Crippen molar-refractivity contribution in [3.05, 3.63) is 142 Å². The lowest BCUT2D eigenvalue weighted by Gasteiger charge is -2.15. The molecule has 32 heavy (non-hydrogen) atoms. The second kappa shape index (κ2) is 6.67. The van der Waals surface area contributed by atoms with Gasteiger partial charge in [0, 0.05) is 0 Å². The van der Waals surface area contributed by atoms with Gasteiger partial charge in [0.2, 0.25) is 0 Å². The van der Waals surface area contributed by atoms with Crippen LogP contribution in [-0.2, 0) is 0 Å².